The molecule has 7 nitrogen and oxygen atoms in total. The fourth-order valence-corrected chi connectivity index (χ4v) is 2.91. The Labute approximate surface area is 131 Å². The van der Waals surface area contributed by atoms with Gasteiger partial charge in [-0.3, -0.25) is 0 Å². The smallest absolute Gasteiger partial charge is 0.339 e. The Morgan fingerprint density at radius 2 is 2.00 bits per heavy atom. The van der Waals surface area contributed by atoms with Gasteiger partial charge in [0.25, 0.3) is 0 Å². The lowest BCUT2D eigenvalue weighted by Gasteiger charge is -2.09. The van der Waals surface area contributed by atoms with E-state index in [1.807, 2.05) is 0 Å². The van der Waals surface area contributed by atoms with E-state index in [1.54, 1.807) is 12.1 Å². The van der Waals surface area contributed by atoms with Crippen LogP contribution in [0.3, 0.4) is 0 Å². The van der Waals surface area contributed by atoms with Gasteiger partial charge < -0.3 is 4.18 Å². The van der Waals surface area contributed by atoms with E-state index >= 15 is 0 Å². The molecular weight excluding hydrogens is 323 g/mol. The number of hydrogen-bond acceptors (Lipinski definition) is 6. The lowest BCUT2D eigenvalue weighted by Crippen LogP contribution is -2.10. The van der Waals surface area contributed by atoms with Crippen molar-refractivity contribution in [2.45, 2.75) is 11.8 Å². The number of rotatable bonds is 4. The molecule has 0 N–H and O–H groups in total. The molecule has 0 unspecified atom stereocenters. The molecule has 0 saturated carbocycles. The molecule has 0 atom stereocenters. The highest BCUT2D eigenvalue weighted by Gasteiger charge is 2.18. The minimum Gasteiger partial charge on any atom is -0.379 e. The Bertz CT molecular complexity index is 942. The zero-order valence-electron chi connectivity index (χ0n) is 11.9. The lowest BCUT2D eigenvalue weighted by molar-refractivity contribution is 0.485. The molecule has 1 heterocycles. The number of aromatic nitrogens is 4. The summed E-state index contributed by atoms with van der Waals surface area (Å²) in [4.78, 5) is -0.121. The van der Waals surface area contributed by atoms with Gasteiger partial charge in [0.15, 0.2) is 0 Å². The number of halogens is 1. The van der Waals surface area contributed by atoms with Gasteiger partial charge >= 0.3 is 10.1 Å². The van der Waals surface area contributed by atoms with Crippen LogP contribution in [0.2, 0.25) is 0 Å². The monoisotopic (exact) mass is 334 g/mol. The number of nitrogens with zero attached hydrogens (tertiary/aromatic N) is 4. The van der Waals surface area contributed by atoms with Gasteiger partial charge in [0, 0.05) is 6.07 Å². The number of benzene rings is 2. The van der Waals surface area contributed by atoms with E-state index < -0.39 is 15.9 Å². The summed E-state index contributed by atoms with van der Waals surface area (Å²) in [5, 5.41) is 10.7. The minimum absolute atomic E-state index is 0.0972. The van der Waals surface area contributed by atoms with Crippen LogP contribution >= 0.6 is 0 Å². The molecular formula is C14H11FN4O3S. The Hall–Kier alpha value is -2.81. The van der Waals surface area contributed by atoms with Gasteiger partial charge in [-0.05, 0) is 53.2 Å². The summed E-state index contributed by atoms with van der Waals surface area (Å²) in [6.45, 7) is 1.48. The van der Waals surface area contributed by atoms with Gasteiger partial charge in [0.1, 0.15) is 22.8 Å². The van der Waals surface area contributed by atoms with E-state index in [4.69, 9.17) is 4.18 Å². The van der Waals surface area contributed by atoms with E-state index in [9.17, 15) is 12.8 Å². The molecule has 0 bridgehead atoms. The minimum atomic E-state index is -4.07. The first-order valence-corrected chi connectivity index (χ1v) is 7.90. The van der Waals surface area contributed by atoms with E-state index in [1.165, 1.54) is 36.1 Å². The second-order valence-corrected chi connectivity index (χ2v) is 6.25. The summed E-state index contributed by atoms with van der Waals surface area (Å²) in [5.41, 5.74) is 0.759. The van der Waals surface area contributed by atoms with Crippen molar-refractivity contribution in [2.75, 3.05) is 0 Å². The van der Waals surface area contributed by atoms with Crippen molar-refractivity contribution < 1.29 is 17.0 Å². The molecule has 2 aromatic carbocycles. The Balaban J connectivity index is 1.91. The van der Waals surface area contributed by atoms with E-state index in [-0.39, 0.29) is 16.2 Å². The molecule has 0 radical (unpaired) electrons. The molecule has 0 aliphatic heterocycles. The van der Waals surface area contributed by atoms with Gasteiger partial charge in [-0.2, -0.15) is 8.42 Å². The van der Waals surface area contributed by atoms with Crippen LogP contribution in [-0.2, 0) is 10.1 Å². The first-order valence-electron chi connectivity index (χ1n) is 6.50. The van der Waals surface area contributed by atoms with Crippen molar-refractivity contribution in [2.24, 2.45) is 0 Å². The predicted octanol–water partition coefficient (Wildman–Crippen LogP) is 1.88. The molecule has 0 spiro atoms. The Morgan fingerprint density at radius 1 is 1.17 bits per heavy atom. The second kappa shape index (κ2) is 5.76. The van der Waals surface area contributed by atoms with E-state index in [0.717, 1.165) is 12.1 Å². The fourth-order valence-electron chi connectivity index (χ4n) is 1.90. The van der Waals surface area contributed by atoms with Crippen LogP contribution in [0.25, 0.3) is 5.69 Å². The topological polar surface area (TPSA) is 87.0 Å². The SMILES string of the molecule is Cc1cc(S(=O)(=O)Oc2cccc(-n3cnnn3)c2)ccc1F. The molecule has 23 heavy (non-hydrogen) atoms. The average molecular weight is 334 g/mol. The van der Waals surface area contributed by atoms with Crippen LogP contribution in [0.15, 0.2) is 53.7 Å². The maximum absolute atomic E-state index is 13.3. The van der Waals surface area contributed by atoms with Gasteiger partial charge in [0.05, 0.1) is 5.69 Å². The maximum atomic E-state index is 13.3. The lowest BCUT2D eigenvalue weighted by atomic mass is 10.2. The number of tetrazole rings is 1. The molecule has 118 valence electrons. The summed E-state index contributed by atoms with van der Waals surface area (Å²) < 4.78 is 44.3. The van der Waals surface area contributed by atoms with Gasteiger partial charge in [-0.1, -0.05) is 6.07 Å². The molecule has 0 amide bonds. The molecule has 0 aliphatic rings. The first-order chi connectivity index (χ1) is 11.0. The van der Waals surface area contributed by atoms with Gasteiger partial charge in [-0.15, -0.1) is 5.10 Å². The summed E-state index contributed by atoms with van der Waals surface area (Å²) >= 11 is 0. The standard InChI is InChI=1S/C14H11FN4O3S/c1-10-7-13(5-6-14(10)15)23(20,21)22-12-4-2-3-11(8-12)19-9-16-17-18-19/h2-9H,1H3. The van der Waals surface area contributed by atoms with Gasteiger partial charge in [-0.25, -0.2) is 9.07 Å². The molecule has 9 heteroatoms. The molecule has 0 saturated heterocycles. The predicted molar refractivity (Wildman–Crippen MR) is 78.1 cm³/mol. The van der Waals surface area contributed by atoms with Crippen molar-refractivity contribution in [1.29, 1.82) is 0 Å². The fraction of sp³-hybridized carbons (Fsp3) is 0.0714. The second-order valence-electron chi connectivity index (χ2n) is 4.70. The summed E-state index contributed by atoms with van der Waals surface area (Å²) in [7, 11) is -4.07. The van der Waals surface area contributed by atoms with Crippen LogP contribution < -0.4 is 4.18 Å². The van der Waals surface area contributed by atoms with Crippen LogP contribution in [0, 0.1) is 12.7 Å². The van der Waals surface area contributed by atoms with Crippen molar-refractivity contribution in [3.8, 4) is 11.4 Å². The van der Waals surface area contributed by atoms with Crippen molar-refractivity contribution >= 4 is 10.1 Å². The van der Waals surface area contributed by atoms with E-state index in [0.29, 0.717) is 5.69 Å². The quantitative estimate of drug-likeness (QED) is 0.677. The largest absolute Gasteiger partial charge is 0.379 e. The third-order valence-corrected chi connectivity index (χ3v) is 4.30. The molecule has 0 aliphatic carbocycles. The van der Waals surface area contributed by atoms with Crippen LogP contribution in [0.4, 0.5) is 4.39 Å². The molecule has 1 aromatic heterocycles. The van der Waals surface area contributed by atoms with E-state index in [2.05, 4.69) is 15.5 Å². The zero-order valence-corrected chi connectivity index (χ0v) is 12.7. The van der Waals surface area contributed by atoms with Crippen LogP contribution in [0.1, 0.15) is 5.56 Å². The molecule has 3 aromatic rings. The Morgan fingerprint density at radius 3 is 2.70 bits per heavy atom. The normalized spacial score (nSPS) is 11.4. The molecule has 0 fully saturated rings. The number of aryl methyl sites for hydroxylation is 1. The average Bonchev–Trinajstić information content (AvgIpc) is 3.04. The molecule has 3 rings (SSSR count). The zero-order chi connectivity index (χ0) is 16.4. The third-order valence-electron chi connectivity index (χ3n) is 3.06. The van der Waals surface area contributed by atoms with Crippen LogP contribution in [-0.4, -0.2) is 28.6 Å². The summed E-state index contributed by atoms with van der Waals surface area (Å²) in [5.74, 6) is -0.385. The van der Waals surface area contributed by atoms with Crippen molar-refractivity contribution in [1.82, 2.24) is 20.2 Å². The third kappa shape index (κ3) is 3.19. The highest BCUT2D eigenvalue weighted by Crippen LogP contribution is 2.22. The van der Waals surface area contributed by atoms with Crippen LogP contribution in [0.5, 0.6) is 5.75 Å². The van der Waals surface area contributed by atoms with Crippen molar-refractivity contribution in [3.05, 3.63) is 60.2 Å². The highest BCUT2D eigenvalue weighted by atomic mass is 32.2. The highest BCUT2D eigenvalue weighted by molar-refractivity contribution is 7.87. The first kappa shape index (κ1) is 15.1. The maximum Gasteiger partial charge on any atom is 0.339 e. The summed E-state index contributed by atoms with van der Waals surface area (Å²) in [6, 6.07) is 9.73. The summed E-state index contributed by atoms with van der Waals surface area (Å²) in [6.07, 6.45) is 1.37. The Kier molecular flexibility index (Phi) is 3.78. The van der Waals surface area contributed by atoms with Crippen molar-refractivity contribution in [3.63, 3.8) is 0 Å². The van der Waals surface area contributed by atoms with Gasteiger partial charge in [0.2, 0.25) is 0 Å². The number of hydrogen-bond donors (Lipinski definition) is 0.